The number of ether oxygens (including phenoxy) is 4. The normalized spacial score (nSPS) is 23.1. The van der Waals surface area contributed by atoms with Crippen LogP contribution in [0.3, 0.4) is 0 Å². The largest absolute Gasteiger partial charge is 0.394 e. The van der Waals surface area contributed by atoms with E-state index in [9.17, 15) is 45.6 Å². The summed E-state index contributed by atoms with van der Waals surface area (Å²) in [6.45, 7) is 2.81. The molecular formula is C77H141NO13. The van der Waals surface area contributed by atoms with Gasteiger partial charge in [-0.1, -0.05) is 312 Å². The number of amides is 1. The molecule has 12 atom stereocenters. The predicted molar refractivity (Wildman–Crippen MR) is 374 cm³/mol. The van der Waals surface area contributed by atoms with E-state index in [0.29, 0.717) is 12.8 Å². The molecule has 0 aromatic heterocycles. The van der Waals surface area contributed by atoms with E-state index in [1.165, 1.54) is 250 Å². The Morgan fingerprint density at radius 3 is 1.15 bits per heavy atom. The summed E-state index contributed by atoms with van der Waals surface area (Å²) in [5.74, 6) is -0.245. The van der Waals surface area contributed by atoms with Crippen molar-refractivity contribution in [1.82, 2.24) is 5.32 Å². The molecule has 0 aromatic carbocycles. The Labute approximate surface area is 556 Å². The van der Waals surface area contributed by atoms with Gasteiger partial charge in [-0.15, -0.1) is 0 Å². The first-order valence-corrected chi connectivity index (χ1v) is 38.0. The second-order valence-corrected chi connectivity index (χ2v) is 26.8. The lowest BCUT2D eigenvalue weighted by atomic mass is 9.97. The highest BCUT2D eigenvalue weighted by atomic mass is 16.7. The fraction of sp³-hybridized carbons (Fsp3) is 0.857. The first-order valence-electron chi connectivity index (χ1n) is 38.0. The molecule has 0 bridgehead atoms. The predicted octanol–water partition coefficient (Wildman–Crippen LogP) is 16.4. The van der Waals surface area contributed by atoms with E-state index in [-0.39, 0.29) is 18.9 Å². The second kappa shape index (κ2) is 61.3. The molecule has 2 aliphatic rings. The van der Waals surface area contributed by atoms with Gasteiger partial charge in [-0.2, -0.15) is 0 Å². The fourth-order valence-corrected chi connectivity index (χ4v) is 12.4. The molecule has 12 unspecified atom stereocenters. The van der Waals surface area contributed by atoms with Crippen LogP contribution in [0.1, 0.15) is 328 Å². The van der Waals surface area contributed by atoms with Gasteiger partial charge in [0.05, 0.1) is 32.0 Å². The molecule has 0 radical (unpaired) electrons. The van der Waals surface area contributed by atoms with Crippen molar-refractivity contribution < 1.29 is 64.6 Å². The molecule has 2 aliphatic heterocycles. The Morgan fingerprint density at radius 1 is 0.396 bits per heavy atom. The van der Waals surface area contributed by atoms with Gasteiger partial charge in [0.15, 0.2) is 12.6 Å². The highest BCUT2D eigenvalue weighted by Gasteiger charge is 2.51. The van der Waals surface area contributed by atoms with Gasteiger partial charge in [0, 0.05) is 6.42 Å². The molecule has 14 heteroatoms. The van der Waals surface area contributed by atoms with Gasteiger partial charge in [-0.3, -0.25) is 4.79 Å². The topological polar surface area (TPSA) is 228 Å². The summed E-state index contributed by atoms with van der Waals surface area (Å²) in [5, 5.41) is 87.5. The zero-order valence-corrected chi connectivity index (χ0v) is 58.1. The molecule has 2 heterocycles. The molecule has 91 heavy (non-hydrogen) atoms. The summed E-state index contributed by atoms with van der Waals surface area (Å²) < 4.78 is 22.9. The summed E-state index contributed by atoms with van der Waals surface area (Å²) in [5.41, 5.74) is 0. The van der Waals surface area contributed by atoms with E-state index in [2.05, 4.69) is 67.8 Å². The van der Waals surface area contributed by atoms with Gasteiger partial charge in [0.2, 0.25) is 5.91 Å². The number of hydrogen-bond acceptors (Lipinski definition) is 13. The quantitative estimate of drug-likeness (QED) is 0.0204. The lowest BCUT2D eigenvalue weighted by Crippen LogP contribution is -2.65. The molecule has 0 spiro atoms. The molecule has 2 fully saturated rings. The summed E-state index contributed by atoms with van der Waals surface area (Å²) in [6, 6.07) is -0.934. The van der Waals surface area contributed by atoms with Crippen molar-refractivity contribution in [2.24, 2.45) is 0 Å². The minimum Gasteiger partial charge on any atom is -0.394 e. The monoisotopic (exact) mass is 1290 g/mol. The minimum absolute atomic E-state index is 0.245. The maximum absolute atomic E-state index is 13.4. The van der Waals surface area contributed by atoms with Gasteiger partial charge in [0.1, 0.15) is 48.8 Å². The number of hydrogen-bond donors (Lipinski definition) is 9. The van der Waals surface area contributed by atoms with Crippen LogP contribution in [0.5, 0.6) is 0 Å². The molecule has 532 valence electrons. The van der Waals surface area contributed by atoms with E-state index >= 15 is 0 Å². The molecule has 0 aliphatic carbocycles. The maximum atomic E-state index is 13.4. The van der Waals surface area contributed by atoms with Crippen LogP contribution in [0, 0.1) is 0 Å². The number of aliphatic hydroxyl groups excluding tert-OH is 8. The average molecular weight is 1290 g/mol. The number of carbonyl (C=O) groups excluding carboxylic acids is 1. The van der Waals surface area contributed by atoms with Crippen molar-refractivity contribution in [3.8, 4) is 0 Å². The summed E-state index contributed by atoms with van der Waals surface area (Å²) in [4.78, 5) is 13.4. The number of carbonyl (C=O) groups is 1. The van der Waals surface area contributed by atoms with Crippen LogP contribution in [0.15, 0.2) is 60.8 Å². The van der Waals surface area contributed by atoms with E-state index in [4.69, 9.17) is 18.9 Å². The van der Waals surface area contributed by atoms with Crippen molar-refractivity contribution in [3.63, 3.8) is 0 Å². The molecule has 0 aromatic rings. The van der Waals surface area contributed by atoms with E-state index in [0.717, 1.165) is 44.9 Å². The summed E-state index contributed by atoms with van der Waals surface area (Å²) in [6.07, 6.45) is 65.8. The number of unbranched alkanes of at least 4 members (excludes halogenated alkanes) is 42. The van der Waals surface area contributed by atoms with Crippen LogP contribution >= 0.6 is 0 Å². The van der Waals surface area contributed by atoms with Gasteiger partial charge in [0.25, 0.3) is 0 Å². The van der Waals surface area contributed by atoms with E-state index < -0.39 is 86.8 Å². The number of allylic oxidation sites excluding steroid dienone is 9. The van der Waals surface area contributed by atoms with Gasteiger partial charge < -0.3 is 65.1 Å². The van der Waals surface area contributed by atoms with Crippen molar-refractivity contribution >= 4 is 5.91 Å². The smallest absolute Gasteiger partial charge is 0.220 e. The van der Waals surface area contributed by atoms with Crippen molar-refractivity contribution in [2.45, 2.75) is 402 Å². The fourth-order valence-electron chi connectivity index (χ4n) is 12.4. The van der Waals surface area contributed by atoms with Crippen LogP contribution in [-0.2, 0) is 23.7 Å². The van der Waals surface area contributed by atoms with Crippen LogP contribution in [0.25, 0.3) is 0 Å². The highest BCUT2D eigenvalue weighted by molar-refractivity contribution is 5.76. The Morgan fingerprint density at radius 2 is 0.736 bits per heavy atom. The molecule has 2 saturated heterocycles. The third kappa shape index (κ3) is 44.9. The molecular weight excluding hydrogens is 1150 g/mol. The minimum atomic E-state index is -1.79. The number of nitrogens with one attached hydrogen (secondary N) is 1. The third-order valence-corrected chi connectivity index (χ3v) is 18.4. The molecule has 14 nitrogen and oxygen atoms in total. The van der Waals surface area contributed by atoms with Crippen molar-refractivity contribution in [1.29, 1.82) is 0 Å². The zero-order chi connectivity index (χ0) is 65.9. The Kier molecular flexibility index (Phi) is 57.1. The SMILES string of the molecule is CCCCCCC/C=C\C/C=C\C/C=C\CCCCCCCCCCCCCCCCCCCCC(=O)NC(COC1OC(CO)C(OC2OC(CO)C(O)C(O)C2O)C(O)C1O)C(O)/C=C/CC/C=C/CCCCCCCCCCCCCCCCCCCC. The standard InChI is InChI=1S/C77H141NO13/c1-3-5-7-9-11-13-15-17-19-21-23-25-27-29-30-31-32-33-34-35-36-37-39-41-43-45-47-49-51-53-55-57-59-61-69(82)78-65(64-88-76-74(87)72(85)75(68(63-80)90-76)91-77-73(86)71(84)70(83)67(62-79)89-77)66(81)60-58-56-54-52-50-48-46-44-42-40-38-28-26-24-22-20-18-16-14-12-10-8-6-4-2/h15,17,21,23,27,29,50,52,58,60,65-68,70-77,79-81,83-87H,3-14,16,18-20,22,24-26,28,30-49,51,53-57,59,61-64H2,1-2H3,(H,78,82)/b17-15-,23-21-,29-27-,52-50+,60-58+. The highest BCUT2D eigenvalue weighted by Crippen LogP contribution is 2.30. The summed E-state index contributed by atoms with van der Waals surface area (Å²) in [7, 11) is 0. The van der Waals surface area contributed by atoms with Crippen LogP contribution in [0.2, 0.25) is 0 Å². The Balaban J connectivity index is 1.65. The Hall–Kier alpha value is -2.31. The zero-order valence-electron chi connectivity index (χ0n) is 58.1. The van der Waals surface area contributed by atoms with Crippen molar-refractivity contribution in [2.75, 3.05) is 19.8 Å². The first-order chi connectivity index (χ1) is 44.6. The maximum Gasteiger partial charge on any atom is 0.220 e. The Bertz CT molecular complexity index is 1760. The van der Waals surface area contributed by atoms with Crippen LogP contribution < -0.4 is 5.32 Å². The van der Waals surface area contributed by atoms with Crippen LogP contribution in [-0.4, -0.2) is 140 Å². The second-order valence-electron chi connectivity index (χ2n) is 26.8. The van der Waals surface area contributed by atoms with Crippen LogP contribution in [0.4, 0.5) is 0 Å². The number of aliphatic hydroxyl groups is 8. The van der Waals surface area contributed by atoms with Gasteiger partial charge in [-0.25, -0.2) is 0 Å². The van der Waals surface area contributed by atoms with Gasteiger partial charge in [-0.05, 0) is 70.6 Å². The molecule has 1 amide bonds. The van der Waals surface area contributed by atoms with E-state index in [1.54, 1.807) is 6.08 Å². The summed E-state index contributed by atoms with van der Waals surface area (Å²) >= 11 is 0. The molecule has 9 N–H and O–H groups in total. The lowest BCUT2D eigenvalue weighted by Gasteiger charge is -2.46. The van der Waals surface area contributed by atoms with Gasteiger partial charge >= 0.3 is 0 Å². The average Bonchev–Trinajstić information content (AvgIpc) is 1.28. The van der Waals surface area contributed by atoms with E-state index in [1.807, 2.05) is 6.08 Å². The lowest BCUT2D eigenvalue weighted by molar-refractivity contribution is -0.359. The molecule has 2 rings (SSSR count). The molecule has 0 saturated carbocycles. The third-order valence-electron chi connectivity index (χ3n) is 18.4. The number of rotatable bonds is 63. The van der Waals surface area contributed by atoms with Crippen molar-refractivity contribution in [3.05, 3.63) is 60.8 Å². The first kappa shape index (κ1) is 84.8.